The highest BCUT2D eigenvalue weighted by Crippen LogP contribution is 2.33. The van der Waals surface area contributed by atoms with Crippen molar-refractivity contribution in [1.29, 1.82) is 0 Å². The second-order valence-electron chi connectivity index (χ2n) is 8.89. The number of nitrogens with zero attached hydrogens (tertiary/aromatic N) is 1. The minimum Gasteiger partial charge on any atom is -0.503 e. The van der Waals surface area contributed by atoms with Gasteiger partial charge < -0.3 is 24.6 Å². The number of carbonyl (C=O) groups is 2. The predicted octanol–water partition coefficient (Wildman–Crippen LogP) is 4.30. The van der Waals surface area contributed by atoms with Gasteiger partial charge in [-0.2, -0.15) is 0 Å². The number of methoxy groups -OCH3 is 1. The Bertz CT molecular complexity index is 1000. The van der Waals surface area contributed by atoms with Crippen molar-refractivity contribution in [2.45, 2.75) is 59.8 Å². The number of benzene rings is 1. The second-order valence-corrected chi connectivity index (χ2v) is 9.29. The van der Waals surface area contributed by atoms with Crippen LogP contribution in [0, 0.1) is 12.3 Å². The molecule has 0 radical (unpaired) electrons. The molecule has 0 aliphatic rings. The van der Waals surface area contributed by atoms with E-state index in [0.717, 1.165) is 5.56 Å². The number of amides is 1. The van der Waals surface area contributed by atoms with Gasteiger partial charge in [0.1, 0.15) is 24.0 Å². The lowest BCUT2D eigenvalue weighted by Gasteiger charge is -2.35. The maximum Gasteiger partial charge on any atom is 0.328 e. The summed E-state index contributed by atoms with van der Waals surface area (Å²) in [5.41, 5.74) is 0.351. The zero-order valence-electron chi connectivity index (χ0n) is 19.9. The van der Waals surface area contributed by atoms with Crippen molar-refractivity contribution in [3.05, 3.63) is 46.7 Å². The van der Waals surface area contributed by atoms with E-state index in [1.165, 1.54) is 26.3 Å². The lowest BCUT2D eigenvalue weighted by Crippen LogP contribution is -2.47. The maximum atomic E-state index is 12.7. The number of aromatic nitrogens is 1. The van der Waals surface area contributed by atoms with E-state index in [4.69, 9.17) is 25.8 Å². The van der Waals surface area contributed by atoms with E-state index in [1.54, 1.807) is 19.1 Å². The van der Waals surface area contributed by atoms with Crippen molar-refractivity contribution < 1.29 is 28.9 Å². The molecule has 0 saturated carbocycles. The first-order chi connectivity index (χ1) is 15.3. The summed E-state index contributed by atoms with van der Waals surface area (Å²) in [7, 11) is 1.36. The van der Waals surface area contributed by atoms with Gasteiger partial charge in [-0.25, -0.2) is 9.78 Å². The summed E-state index contributed by atoms with van der Waals surface area (Å²) >= 11 is 6.32. The normalized spacial score (nSPS) is 14.1. The van der Waals surface area contributed by atoms with Gasteiger partial charge in [-0.1, -0.05) is 38.4 Å². The van der Waals surface area contributed by atoms with Gasteiger partial charge in [-0.3, -0.25) is 4.79 Å². The first-order valence-electron chi connectivity index (χ1n) is 10.5. The number of pyridine rings is 1. The molecule has 0 aliphatic carbocycles. The fraction of sp³-hybridized carbons (Fsp3) is 0.458. The zero-order chi connectivity index (χ0) is 24.9. The van der Waals surface area contributed by atoms with Gasteiger partial charge in [-0.15, -0.1) is 0 Å². The van der Waals surface area contributed by atoms with Crippen LogP contribution in [0.5, 0.6) is 17.2 Å². The van der Waals surface area contributed by atoms with Crippen LogP contribution in [0.15, 0.2) is 30.5 Å². The standard InChI is InChI=1S/C24H31ClN2O6/c1-13-8-9-17(16(25)12-13)33-21(24(4,5)6)15(3)32-23(30)14(2)27-22(29)19-20(28)18(31-7)10-11-26-19/h8-12,14-15,21,28H,1-7H3,(H,27,29)/t14-,15-,21-/m0/s1. The Kier molecular flexibility index (Phi) is 8.55. The molecule has 1 amide bonds. The molecular formula is C24H31ClN2O6. The molecule has 1 aromatic carbocycles. The summed E-state index contributed by atoms with van der Waals surface area (Å²) in [5, 5.41) is 13.1. The number of nitrogens with one attached hydrogen (secondary N) is 1. The number of esters is 1. The highest BCUT2D eigenvalue weighted by atomic mass is 35.5. The molecule has 33 heavy (non-hydrogen) atoms. The molecule has 0 spiro atoms. The number of aromatic hydroxyl groups is 1. The molecular weight excluding hydrogens is 448 g/mol. The number of aryl methyl sites for hydroxylation is 1. The van der Waals surface area contributed by atoms with E-state index in [1.807, 2.05) is 33.8 Å². The quantitative estimate of drug-likeness (QED) is 0.544. The number of ether oxygens (including phenoxy) is 3. The van der Waals surface area contributed by atoms with Crippen LogP contribution < -0.4 is 14.8 Å². The van der Waals surface area contributed by atoms with E-state index >= 15 is 0 Å². The number of hydrogen-bond acceptors (Lipinski definition) is 7. The van der Waals surface area contributed by atoms with Gasteiger partial charge in [0.05, 0.1) is 12.1 Å². The van der Waals surface area contributed by atoms with E-state index in [-0.39, 0.29) is 11.4 Å². The number of hydrogen-bond donors (Lipinski definition) is 2. The Morgan fingerprint density at radius 2 is 1.82 bits per heavy atom. The average Bonchev–Trinajstić information content (AvgIpc) is 2.72. The molecule has 3 atom stereocenters. The summed E-state index contributed by atoms with van der Waals surface area (Å²) in [6, 6.07) is 5.88. The van der Waals surface area contributed by atoms with Crippen molar-refractivity contribution in [3.8, 4) is 17.2 Å². The van der Waals surface area contributed by atoms with Crippen molar-refractivity contribution in [2.24, 2.45) is 5.41 Å². The Labute approximate surface area is 199 Å². The molecule has 1 heterocycles. The molecule has 0 aliphatic heterocycles. The SMILES string of the molecule is COc1ccnc(C(=O)N[C@@H](C)C(=O)O[C@@H](C)[C@H](Oc2ccc(C)cc2Cl)C(C)(C)C)c1O. The average molecular weight is 479 g/mol. The number of rotatable bonds is 8. The van der Waals surface area contributed by atoms with Gasteiger partial charge >= 0.3 is 5.97 Å². The Hall–Kier alpha value is -3.00. The minimum atomic E-state index is -1.00. The molecule has 0 unspecified atom stereocenters. The van der Waals surface area contributed by atoms with Crippen LogP contribution in [0.2, 0.25) is 5.02 Å². The summed E-state index contributed by atoms with van der Waals surface area (Å²) < 4.78 is 16.7. The van der Waals surface area contributed by atoms with Crippen LogP contribution in [-0.2, 0) is 9.53 Å². The lowest BCUT2D eigenvalue weighted by atomic mass is 9.86. The molecule has 1 aromatic heterocycles. The molecule has 0 saturated heterocycles. The van der Waals surface area contributed by atoms with Crippen LogP contribution >= 0.6 is 11.6 Å². The maximum absolute atomic E-state index is 12.7. The van der Waals surface area contributed by atoms with Crippen LogP contribution in [0.1, 0.15) is 50.7 Å². The van der Waals surface area contributed by atoms with Gasteiger partial charge in [0, 0.05) is 17.7 Å². The van der Waals surface area contributed by atoms with E-state index in [2.05, 4.69) is 10.3 Å². The molecule has 2 N–H and O–H groups in total. The molecule has 0 fully saturated rings. The first kappa shape index (κ1) is 26.3. The Morgan fingerprint density at radius 3 is 2.39 bits per heavy atom. The number of carbonyl (C=O) groups excluding carboxylic acids is 2. The monoisotopic (exact) mass is 478 g/mol. The third-order valence-electron chi connectivity index (χ3n) is 4.95. The number of halogens is 1. The molecule has 8 nitrogen and oxygen atoms in total. The Balaban J connectivity index is 2.10. The van der Waals surface area contributed by atoms with Gasteiger partial charge in [-0.05, 0) is 38.5 Å². The molecule has 9 heteroatoms. The lowest BCUT2D eigenvalue weighted by molar-refractivity contribution is -0.158. The van der Waals surface area contributed by atoms with Crippen molar-refractivity contribution in [1.82, 2.24) is 10.3 Å². The van der Waals surface area contributed by atoms with Crippen LogP contribution in [-0.4, -0.2) is 47.3 Å². The summed E-state index contributed by atoms with van der Waals surface area (Å²) in [6.07, 6.45) is 0.145. The van der Waals surface area contributed by atoms with Crippen LogP contribution in [0.3, 0.4) is 0 Å². The minimum absolute atomic E-state index is 0.0962. The van der Waals surface area contributed by atoms with Crippen LogP contribution in [0.4, 0.5) is 0 Å². The van der Waals surface area contributed by atoms with Crippen molar-refractivity contribution in [3.63, 3.8) is 0 Å². The Morgan fingerprint density at radius 1 is 1.15 bits per heavy atom. The first-order valence-corrected chi connectivity index (χ1v) is 10.9. The predicted molar refractivity (Wildman–Crippen MR) is 125 cm³/mol. The van der Waals surface area contributed by atoms with Gasteiger partial charge in [0.25, 0.3) is 5.91 Å². The summed E-state index contributed by atoms with van der Waals surface area (Å²) in [6.45, 7) is 11.0. The van der Waals surface area contributed by atoms with Crippen molar-refractivity contribution >= 4 is 23.5 Å². The highest BCUT2D eigenvalue weighted by Gasteiger charge is 2.36. The molecule has 180 valence electrons. The van der Waals surface area contributed by atoms with E-state index in [0.29, 0.717) is 10.8 Å². The fourth-order valence-corrected chi connectivity index (χ4v) is 3.53. The van der Waals surface area contributed by atoms with Gasteiger partial charge in [0.2, 0.25) is 0 Å². The molecule has 0 bridgehead atoms. The molecule has 2 rings (SSSR count). The highest BCUT2D eigenvalue weighted by molar-refractivity contribution is 6.32. The third kappa shape index (κ3) is 6.74. The van der Waals surface area contributed by atoms with Crippen molar-refractivity contribution in [2.75, 3.05) is 7.11 Å². The smallest absolute Gasteiger partial charge is 0.328 e. The van der Waals surface area contributed by atoms with Crippen LogP contribution in [0.25, 0.3) is 0 Å². The van der Waals surface area contributed by atoms with E-state index < -0.39 is 41.3 Å². The largest absolute Gasteiger partial charge is 0.503 e. The second kappa shape index (κ2) is 10.7. The fourth-order valence-electron chi connectivity index (χ4n) is 3.25. The topological polar surface area (TPSA) is 107 Å². The third-order valence-corrected chi connectivity index (χ3v) is 5.24. The van der Waals surface area contributed by atoms with Gasteiger partial charge in [0.15, 0.2) is 17.2 Å². The van der Waals surface area contributed by atoms with E-state index in [9.17, 15) is 14.7 Å². The zero-order valence-corrected chi connectivity index (χ0v) is 20.7. The summed E-state index contributed by atoms with van der Waals surface area (Å²) in [4.78, 5) is 29.1. The molecule has 2 aromatic rings. The summed E-state index contributed by atoms with van der Waals surface area (Å²) in [5.74, 6) is -1.22.